The molecule has 224 valence electrons. The maximum Gasteiger partial charge on any atom is 0.303 e. The van der Waals surface area contributed by atoms with Crippen molar-refractivity contribution in [1.29, 1.82) is 0 Å². The normalized spacial score (nSPS) is 18.9. The van der Waals surface area contributed by atoms with E-state index in [1.807, 2.05) is 5.92 Å². The lowest BCUT2D eigenvalue weighted by Gasteiger charge is -2.24. The zero-order chi connectivity index (χ0) is 31.1. The van der Waals surface area contributed by atoms with Crippen molar-refractivity contribution >= 4 is 47.0 Å². The first-order valence-corrected chi connectivity index (χ1v) is 13.5. The van der Waals surface area contributed by atoms with E-state index in [0.717, 1.165) is 23.9 Å². The second-order valence-corrected chi connectivity index (χ2v) is 9.80. The molecular weight excluding hydrogens is 576 g/mol. The van der Waals surface area contributed by atoms with Crippen LogP contribution in [-0.4, -0.2) is 70.1 Å². The number of unbranched alkanes of at least 4 members (excludes halogenated alkanes) is 1. The highest BCUT2D eigenvalue weighted by Gasteiger charge is 2.31. The number of aliphatic carboxylic acids is 1. The van der Waals surface area contributed by atoms with Crippen LogP contribution in [0.1, 0.15) is 42.5 Å². The minimum Gasteiger partial charge on any atom is -0.481 e. The summed E-state index contributed by atoms with van der Waals surface area (Å²) in [4.78, 5) is 83.0. The maximum atomic E-state index is 13.2. The second-order valence-electron chi connectivity index (χ2n) is 8.73. The second kappa shape index (κ2) is 17.1. The molecule has 1 aliphatic rings. The van der Waals surface area contributed by atoms with Crippen LogP contribution in [0.2, 0.25) is 0 Å². The summed E-state index contributed by atoms with van der Waals surface area (Å²) in [5.41, 5.74) is 6.21. The fourth-order valence-corrected chi connectivity index (χ4v) is 4.69. The molecule has 0 saturated heterocycles. The molecule has 0 aromatic heterocycles. The SMILES string of the molecule is C#CC#COO[NH2+]CCCCC1NC(=O)C(CCC(=O)O)NC(=O)c2cc([N+](=O)[O-])ccc2SC[C@@H](C(N)=O)NC1=O. The first-order valence-electron chi connectivity index (χ1n) is 12.5. The Labute approximate surface area is 243 Å². The van der Waals surface area contributed by atoms with Crippen LogP contribution < -0.4 is 27.2 Å². The lowest BCUT2D eigenvalue weighted by molar-refractivity contribution is -0.960. The molecule has 0 fully saturated rings. The van der Waals surface area contributed by atoms with Crippen LogP contribution in [0, 0.1) is 34.5 Å². The topological polar surface area (TPSA) is 246 Å². The number of carboxylic acids is 1. The summed E-state index contributed by atoms with van der Waals surface area (Å²) >= 11 is 0.938. The molecule has 0 saturated carbocycles. The van der Waals surface area contributed by atoms with Crippen molar-refractivity contribution in [3.05, 3.63) is 33.9 Å². The number of thioether (sulfide) groups is 1. The number of carbonyl (C=O) groups is 5. The molecule has 0 radical (unpaired) electrons. The van der Waals surface area contributed by atoms with E-state index in [-0.39, 0.29) is 29.1 Å². The van der Waals surface area contributed by atoms with E-state index >= 15 is 0 Å². The van der Waals surface area contributed by atoms with Gasteiger partial charge < -0.3 is 26.8 Å². The summed E-state index contributed by atoms with van der Waals surface area (Å²) in [6, 6.07) is -0.371. The van der Waals surface area contributed by atoms with E-state index in [1.54, 1.807) is 0 Å². The summed E-state index contributed by atoms with van der Waals surface area (Å²) in [5, 5.41) is 27.9. The van der Waals surface area contributed by atoms with Gasteiger partial charge in [-0.25, -0.2) is 4.89 Å². The van der Waals surface area contributed by atoms with Crippen molar-refractivity contribution in [3.8, 4) is 24.4 Å². The lowest BCUT2D eigenvalue weighted by atomic mass is 10.1. The number of rotatable bonds is 12. The maximum absolute atomic E-state index is 13.2. The monoisotopic (exact) mass is 605 g/mol. The first-order chi connectivity index (χ1) is 20.0. The van der Waals surface area contributed by atoms with E-state index < -0.39 is 64.8 Å². The molecule has 1 heterocycles. The molecule has 3 atom stereocenters. The van der Waals surface area contributed by atoms with E-state index in [1.165, 1.54) is 11.5 Å². The number of fused-ring (bicyclic) bond motifs is 1. The van der Waals surface area contributed by atoms with Crippen LogP contribution in [0.3, 0.4) is 0 Å². The Kier molecular flexibility index (Phi) is 13.6. The van der Waals surface area contributed by atoms with Crippen LogP contribution in [0.25, 0.3) is 0 Å². The summed E-state index contributed by atoms with van der Waals surface area (Å²) in [6.45, 7) is 0.377. The van der Waals surface area contributed by atoms with Crippen molar-refractivity contribution in [2.45, 2.75) is 55.1 Å². The predicted molar refractivity (Wildman–Crippen MR) is 144 cm³/mol. The number of hydrogen-bond acceptors (Lipinski definition) is 10. The van der Waals surface area contributed by atoms with Gasteiger partial charge in [0.25, 0.3) is 11.6 Å². The number of benzene rings is 1. The highest BCUT2D eigenvalue weighted by molar-refractivity contribution is 7.99. The van der Waals surface area contributed by atoms with Gasteiger partial charge in [0.2, 0.25) is 17.7 Å². The Morgan fingerprint density at radius 3 is 2.55 bits per heavy atom. The Balaban J connectivity index is 2.30. The third-order valence-electron chi connectivity index (χ3n) is 5.73. The number of nitro groups is 1. The van der Waals surface area contributed by atoms with Crippen molar-refractivity contribution in [3.63, 3.8) is 0 Å². The third kappa shape index (κ3) is 11.0. The third-order valence-corrected chi connectivity index (χ3v) is 6.90. The van der Waals surface area contributed by atoms with Crippen LogP contribution in [0.15, 0.2) is 23.1 Å². The van der Waals surface area contributed by atoms with E-state index in [2.05, 4.69) is 32.9 Å². The standard InChI is InChI=1S/C25H28N6O10S/c1-2-3-12-40-41-27-11-5-4-6-17-24(36)30-19(22(26)34)14-42-20-9-7-15(31(38)39)13-16(20)23(35)28-18(25(37)29-17)8-10-21(32)33/h1,7,9,13,17-19,27H,4-6,8,10-11,14H2,(H2,26,34)(H,28,35)(H,29,37)(H,30,36)(H,32,33)/p+1/t17?,18?,19-/m0/s1. The zero-order valence-electron chi connectivity index (χ0n) is 22.1. The molecule has 1 aromatic carbocycles. The molecule has 0 spiro atoms. The Bertz CT molecular complexity index is 1300. The molecule has 2 unspecified atom stereocenters. The summed E-state index contributed by atoms with van der Waals surface area (Å²) in [5.74, 6) is -0.516. The molecule has 4 amide bonds. The lowest BCUT2D eigenvalue weighted by Crippen LogP contribution is -2.82. The molecular formula is C25H29N6O10S+. The van der Waals surface area contributed by atoms with E-state index in [0.29, 0.717) is 19.4 Å². The molecule has 8 N–H and O–H groups in total. The smallest absolute Gasteiger partial charge is 0.303 e. The molecule has 16 nitrogen and oxygen atoms in total. The highest BCUT2D eigenvalue weighted by Crippen LogP contribution is 2.28. The number of primary amides is 1. The number of non-ortho nitro benzene ring substituents is 1. The number of carbonyl (C=O) groups excluding carboxylic acids is 4. The molecule has 2 rings (SSSR count). The number of nitrogens with zero attached hydrogens (tertiary/aromatic N) is 1. The van der Waals surface area contributed by atoms with Gasteiger partial charge in [0, 0.05) is 40.1 Å². The Hall–Kier alpha value is -4.84. The number of carboxylic acid groups (broad SMARTS) is 1. The van der Waals surface area contributed by atoms with Crippen molar-refractivity contribution in [2.75, 3.05) is 12.3 Å². The predicted octanol–water partition coefficient (Wildman–Crippen LogP) is -1.69. The molecule has 42 heavy (non-hydrogen) atoms. The van der Waals surface area contributed by atoms with Gasteiger partial charge in [-0.3, -0.25) is 34.1 Å². The zero-order valence-corrected chi connectivity index (χ0v) is 22.9. The minimum absolute atomic E-state index is 0.0911. The highest BCUT2D eigenvalue weighted by atomic mass is 32.2. The Morgan fingerprint density at radius 2 is 1.88 bits per heavy atom. The van der Waals surface area contributed by atoms with Gasteiger partial charge in [-0.15, -0.1) is 18.2 Å². The van der Waals surface area contributed by atoms with Crippen molar-refractivity contribution < 1.29 is 49.4 Å². The number of nitro benzene ring substituents is 1. The fourth-order valence-electron chi connectivity index (χ4n) is 3.62. The van der Waals surface area contributed by atoms with Gasteiger partial charge in [-0.1, -0.05) is 0 Å². The Morgan fingerprint density at radius 1 is 1.17 bits per heavy atom. The summed E-state index contributed by atoms with van der Waals surface area (Å²) in [7, 11) is 0. The minimum atomic E-state index is -1.41. The van der Waals surface area contributed by atoms with Gasteiger partial charge >= 0.3 is 5.97 Å². The number of quaternary nitrogens is 1. The number of hydroxylamine groups is 1. The molecule has 17 heteroatoms. The van der Waals surface area contributed by atoms with Crippen LogP contribution in [-0.2, 0) is 29.1 Å². The van der Waals surface area contributed by atoms with Gasteiger partial charge in [-0.2, -0.15) is 5.48 Å². The van der Waals surface area contributed by atoms with E-state index in [9.17, 15) is 34.1 Å². The van der Waals surface area contributed by atoms with Crippen LogP contribution in [0.4, 0.5) is 5.69 Å². The number of nitrogens with two attached hydrogens (primary N) is 2. The van der Waals surface area contributed by atoms with Crippen molar-refractivity contribution in [1.82, 2.24) is 16.0 Å². The quantitative estimate of drug-likeness (QED) is 0.0516. The molecule has 1 aromatic rings. The number of hydrogen-bond donors (Lipinski definition) is 6. The van der Waals surface area contributed by atoms with Crippen LogP contribution >= 0.6 is 11.8 Å². The number of nitrogens with one attached hydrogen (secondary N) is 3. The summed E-state index contributed by atoms with van der Waals surface area (Å²) in [6.07, 6.45) is 7.16. The largest absolute Gasteiger partial charge is 0.481 e. The van der Waals surface area contributed by atoms with Crippen molar-refractivity contribution in [2.24, 2.45) is 5.73 Å². The van der Waals surface area contributed by atoms with Gasteiger partial charge in [-0.05, 0) is 37.7 Å². The number of terminal acetylenes is 1. The first kappa shape index (κ1) is 33.4. The fraction of sp³-hybridized carbons (Fsp3) is 0.400. The molecule has 0 aliphatic carbocycles. The van der Waals surface area contributed by atoms with Gasteiger partial charge in [0.15, 0.2) is 6.11 Å². The molecule has 0 bridgehead atoms. The van der Waals surface area contributed by atoms with E-state index in [4.69, 9.17) is 22.3 Å². The average molecular weight is 606 g/mol. The molecule has 1 aliphatic heterocycles. The summed E-state index contributed by atoms with van der Waals surface area (Å²) < 4.78 is 0. The van der Waals surface area contributed by atoms with Gasteiger partial charge in [0.05, 0.1) is 10.5 Å². The van der Waals surface area contributed by atoms with Gasteiger partial charge in [0.1, 0.15) is 24.7 Å². The van der Waals surface area contributed by atoms with Crippen LogP contribution in [0.5, 0.6) is 0 Å². The average Bonchev–Trinajstić information content (AvgIpc) is 2.95. The number of amides is 4.